The van der Waals surface area contributed by atoms with Gasteiger partial charge in [0.05, 0.1) is 6.54 Å². The summed E-state index contributed by atoms with van der Waals surface area (Å²) in [6.45, 7) is 2.27. The van der Waals surface area contributed by atoms with Crippen molar-refractivity contribution >= 4 is 17.3 Å². The number of aromatic carboxylic acids is 1. The van der Waals surface area contributed by atoms with Gasteiger partial charge in [-0.25, -0.2) is 4.79 Å². The van der Waals surface area contributed by atoms with Crippen molar-refractivity contribution in [2.24, 2.45) is 0 Å². The van der Waals surface area contributed by atoms with Crippen molar-refractivity contribution in [3.63, 3.8) is 0 Å². The topological polar surface area (TPSA) is 59.3 Å². The number of nitrogens with zero attached hydrogens (tertiary/aromatic N) is 1. The van der Waals surface area contributed by atoms with Gasteiger partial charge in [-0.05, 0) is 30.7 Å². The molecule has 88 valence electrons. The number of carbonyl (C=O) groups is 1. The van der Waals surface area contributed by atoms with E-state index in [0.717, 1.165) is 10.4 Å². The number of pyridine rings is 1. The first-order valence-electron chi connectivity index (χ1n) is 5.05. The fourth-order valence-electron chi connectivity index (χ4n) is 1.48. The molecule has 0 aliphatic rings. The molecule has 2 rings (SSSR count). The van der Waals surface area contributed by atoms with Crippen LogP contribution < -0.4 is 5.56 Å². The maximum absolute atomic E-state index is 11.6. The number of hydrogen-bond acceptors (Lipinski definition) is 3. The third kappa shape index (κ3) is 2.62. The normalized spacial score (nSPS) is 10.4. The molecule has 0 aromatic carbocycles. The molecule has 0 bridgehead atoms. The van der Waals surface area contributed by atoms with Gasteiger partial charge < -0.3 is 9.67 Å². The Kier molecular flexibility index (Phi) is 3.10. The minimum atomic E-state index is -0.933. The standard InChI is InChI=1S/C12H11NO3S/c1-8-4-5-13(11(14)6-8)7-9-2-3-10(17-9)12(15)16/h2-6H,7H2,1H3,(H,15,16). The van der Waals surface area contributed by atoms with Crippen LogP contribution in [-0.4, -0.2) is 15.6 Å². The van der Waals surface area contributed by atoms with Gasteiger partial charge in [-0.1, -0.05) is 0 Å². The van der Waals surface area contributed by atoms with Crippen molar-refractivity contribution in [2.45, 2.75) is 13.5 Å². The molecule has 0 saturated heterocycles. The lowest BCUT2D eigenvalue weighted by Gasteiger charge is -2.03. The van der Waals surface area contributed by atoms with Crippen molar-refractivity contribution in [3.05, 3.63) is 56.1 Å². The second kappa shape index (κ2) is 4.55. The lowest BCUT2D eigenvalue weighted by Crippen LogP contribution is -2.18. The van der Waals surface area contributed by atoms with Gasteiger partial charge in [0.15, 0.2) is 0 Å². The highest BCUT2D eigenvalue weighted by Gasteiger charge is 2.07. The second-order valence-corrected chi connectivity index (χ2v) is 4.91. The minimum Gasteiger partial charge on any atom is -0.477 e. The average molecular weight is 249 g/mol. The van der Waals surface area contributed by atoms with Crippen LogP contribution in [0.15, 0.2) is 35.3 Å². The second-order valence-electron chi connectivity index (χ2n) is 3.74. The molecular weight excluding hydrogens is 238 g/mol. The van der Waals surface area contributed by atoms with Gasteiger partial charge >= 0.3 is 5.97 Å². The van der Waals surface area contributed by atoms with Gasteiger partial charge in [-0.2, -0.15) is 0 Å². The van der Waals surface area contributed by atoms with Crippen LogP contribution in [-0.2, 0) is 6.54 Å². The molecule has 0 atom stereocenters. The van der Waals surface area contributed by atoms with Crippen molar-refractivity contribution in [1.82, 2.24) is 4.57 Å². The molecule has 2 aromatic heterocycles. The summed E-state index contributed by atoms with van der Waals surface area (Å²) in [7, 11) is 0. The zero-order valence-corrected chi connectivity index (χ0v) is 10.0. The monoisotopic (exact) mass is 249 g/mol. The lowest BCUT2D eigenvalue weighted by molar-refractivity contribution is 0.0702. The Balaban J connectivity index is 2.25. The summed E-state index contributed by atoms with van der Waals surface area (Å²) in [5.41, 5.74) is 0.846. The van der Waals surface area contributed by atoms with E-state index in [1.54, 1.807) is 29.0 Å². The maximum Gasteiger partial charge on any atom is 0.345 e. The van der Waals surface area contributed by atoms with Gasteiger partial charge in [0.1, 0.15) is 4.88 Å². The third-order valence-corrected chi connectivity index (χ3v) is 3.41. The first kappa shape index (κ1) is 11.6. The number of carboxylic acid groups (broad SMARTS) is 1. The quantitative estimate of drug-likeness (QED) is 0.904. The van der Waals surface area contributed by atoms with E-state index in [4.69, 9.17) is 5.11 Å². The smallest absolute Gasteiger partial charge is 0.345 e. The molecule has 0 aliphatic heterocycles. The van der Waals surface area contributed by atoms with E-state index in [9.17, 15) is 9.59 Å². The predicted octanol–water partition coefficient (Wildman–Crippen LogP) is 1.96. The molecule has 0 aliphatic carbocycles. The molecule has 0 amide bonds. The van der Waals surface area contributed by atoms with Crippen molar-refractivity contribution in [3.8, 4) is 0 Å². The van der Waals surface area contributed by atoms with E-state index < -0.39 is 5.97 Å². The molecule has 2 aromatic rings. The molecule has 0 fully saturated rings. The van der Waals surface area contributed by atoms with E-state index in [1.807, 2.05) is 13.0 Å². The minimum absolute atomic E-state index is 0.0738. The molecule has 0 radical (unpaired) electrons. The van der Waals surface area contributed by atoms with E-state index in [-0.39, 0.29) is 5.56 Å². The Labute approximate surface area is 102 Å². The van der Waals surface area contributed by atoms with Crippen LogP contribution in [0.4, 0.5) is 0 Å². The fourth-order valence-corrected chi connectivity index (χ4v) is 2.33. The summed E-state index contributed by atoms with van der Waals surface area (Å²) in [6.07, 6.45) is 1.72. The van der Waals surface area contributed by atoms with Crippen LogP contribution in [0.3, 0.4) is 0 Å². The first-order valence-corrected chi connectivity index (χ1v) is 5.87. The van der Waals surface area contributed by atoms with Crippen molar-refractivity contribution in [2.75, 3.05) is 0 Å². The van der Waals surface area contributed by atoms with Crippen LogP contribution in [0, 0.1) is 6.92 Å². The van der Waals surface area contributed by atoms with Crippen LogP contribution in [0.25, 0.3) is 0 Å². The van der Waals surface area contributed by atoms with Crippen molar-refractivity contribution in [1.29, 1.82) is 0 Å². The summed E-state index contributed by atoms with van der Waals surface area (Å²) in [4.78, 5) is 23.5. The summed E-state index contributed by atoms with van der Waals surface area (Å²) in [6, 6.07) is 6.71. The summed E-state index contributed by atoms with van der Waals surface area (Å²) < 4.78 is 1.56. The molecule has 1 N–H and O–H groups in total. The Morgan fingerprint density at radius 3 is 2.76 bits per heavy atom. The summed E-state index contributed by atoms with van der Waals surface area (Å²) in [5.74, 6) is -0.933. The Morgan fingerprint density at radius 2 is 2.18 bits per heavy atom. The highest BCUT2D eigenvalue weighted by atomic mass is 32.1. The number of hydrogen-bond donors (Lipinski definition) is 1. The summed E-state index contributed by atoms with van der Waals surface area (Å²) in [5, 5.41) is 8.80. The number of carboxylic acids is 1. The van der Waals surface area contributed by atoms with Crippen molar-refractivity contribution < 1.29 is 9.90 Å². The highest BCUT2D eigenvalue weighted by Crippen LogP contribution is 2.17. The number of aryl methyl sites for hydroxylation is 1. The number of thiophene rings is 1. The van der Waals surface area contributed by atoms with Gasteiger partial charge in [0.2, 0.25) is 0 Å². The van der Waals surface area contributed by atoms with Gasteiger partial charge in [-0.3, -0.25) is 4.79 Å². The number of rotatable bonds is 3. The van der Waals surface area contributed by atoms with Gasteiger partial charge in [0.25, 0.3) is 5.56 Å². The van der Waals surface area contributed by atoms with E-state index in [0.29, 0.717) is 11.4 Å². The molecule has 0 spiro atoms. The summed E-state index contributed by atoms with van der Waals surface area (Å²) >= 11 is 1.19. The zero-order valence-electron chi connectivity index (χ0n) is 9.21. The maximum atomic E-state index is 11.6. The highest BCUT2D eigenvalue weighted by molar-refractivity contribution is 7.13. The van der Waals surface area contributed by atoms with E-state index in [1.165, 1.54) is 11.3 Å². The van der Waals surface area contributed by atoms with Crippen LogP contribution >= 0.6 is 11.3 Å². The third-order valence-electron chi connectivity index (χ3n) is 2.35. The van der Waals surface area contributed by atoms with Gasteiger partial charge in [0, 0.05) is 17.1 Å². The Morgan fingerprint density at radius 1 is 1.41 bits per heavy atom. The SMILES string of the molecule is Cc1ccn(Cc2ccc(C(=O)O)s2)c(=O)c1. The predicted molar refractivity (Wildman–Crippen MR) is 65.8 cm³/mol. The molecular formula is C12H11NO3S. The number of aromatic nitrogens is 1. The first-order chi connectivity index (χ1) is 8.06. The van der Waals surface area contributed by atoms with E-state index >= 15 is 0 Å². The molecule has 17 heavy (non-hydrogen) atoms. The molecule has 0 unspecified atom stereocenters. The van der Waals surface area contributed by atoms with Gasteiger partial charge in [-0.15, -0.1) is 11.3 Å². The average Bonchev–Trinajstić information content (AvgIpc) is 2.71. The van der Waals surface area contributed by atoms with Crippen LogP contribution in [0.1, 0.15) is 20.1 Å². The lowest BCUT2D eigenvalue weighted by atomic mass is 10.3. The zero-order chi connectivity index (χ0) is 12.4. The molecule has 0 saturated carbocycles. The molecule has 5 heteroatoms. The van der Waals surface area contributed by atoms with E-state index in [2.05, 4.69) is 0 Å². The molecule has 4 nitrogen and oxygen atoms in total. The Hall–Kier alpha value is -1.88. The largest absolute Gasteiger partial charge is 0.477 e. The molecule has 2 heterocycles. The fraction of sp³-hybridized carbons (Fsp3) is 0.167. The van der Waals surface area contributed by atoms with Crippen LogP contribution in [0.2, 0.25) is 0 Å². The van der Waals surface area contributed by atoms with Crippen LogP contribution in [0.5, 0.6) is 0 Å². The Bertz CT molecular complexity index is 612.